The Balaban J connectivity index is 1.33. The summed E-state index contributed by atoms with van der Waals surface area (Å²) in [7, 11) is 1.50. The molecule has 8 heteroatoms. The van der Waals surface area contributed by atoms with Crippen molar-refractivity contribution in [3.05, 3.63) is 74.4 Å². The molecule has 0 atom stereocenters. The Morgan fingerprint density at radius 1 is 1.10 bits per heavy atom. The molecule has 1 aromatic carbocycles. The molecule has 30 heavy (non-hydrogen) atoms. The van der Waals surface area contributed by atoms with Crippen molar-refractivity contribution in [2.45, 2.75) is 25.9 Å². The van der Waals surface area contributed by atoms with E-state index in [1.807, 2.05) is 0 Å². The maximum atomic E-state index is 12.4. The first kappa shape index (κ1) is 20.0. The Kier molecular flexibility index (Phi) is 5.76. The van der Waals surface area contributed by atoms with Gasteiger partial charge in [0, 0.05) is 39.4 Å². The summed E-state index contributed by atoms with van der Waals surface area (Å²) in [6.45, 7) is 3.17. The number of hydrogen-bond donors (Lipinski definition) is 1. The number of amides is 1. The first-order valence-corrected chi connectivity index (χ1v) is 10.1. The summed E-state index contributed by atoms with van der Waals surface area (Å²) >= 11 is 0. The van der Waals surface area contributed by atoms with Gasteiger partial charge in [0.25, 0.3) is 0 Å². The van der Waals surface area contributed by atoms with Crippen molar-refractivity contribution < 1.29 is 4.79 Å². The number of aryl methyl sites for hydroxylation is 1. The number of nitrogens with one attached hydrogen (secondary N) is 1. The number of aromatic nitrogens is 3. The van der Waals surface area contributed by atoms with Crippen LogP contribution in [0.4, 0.5) is 0 Å². The zero-order valence-corrected chi connectivity index (χ0v) is 17.0. The van der Waals surface area contributed by atoms with Crippen molar-refractivity contribution in [2.75, 3.05) is 19.6 Å². The van der Waals surface area contributed by atoms with E-state index in [0.717, 1.165) is 32.5 Å². The van der Waals surface area contributed by atoms with E-state index in [0.29, 0.717) is 17.7 Å². The van der Waals surface area contributed by atoms with Gasteiger partial charge >= 0.3 is 11.1 Å². The van der Waals surface area contributed by atoms with Crippen LogP contribution in [0.1, 0.15) is 17.5 Å². The predicted octanol–water partition coefficient (Wildman–Crippen LogP) is 0.660. The summed E-state index contributed by atoms with van der Waals surface area (Å²) in [6, 6.07) is 11.9. The van der Waals surface area contributed by atoms with Crippen LogP contribution in [0.2, 0.25) is 0 Å². The number of carbonyl (C=O) groups excluding carboxylic acids is 1. The Bertz CT molecular complexity index is 1200. The van der Waals surface area contributed by atoms with E-state index in [2.05, 4.69) is 39.5 Å². The van der Waals surface area contributed by atoms with Crippen LogP contribution < -0.4 is 16.4 Å². The second-order valence-electron chi connectivity index (χ2n) is 7.60. The van der Waals surface area contributed by atoms with Gasteiger partial charge in [-0.25, -0.2) is 4.98 Å². The van der Waals surface area contributed by atoms with Crippen molar-refractivity contribution in [1.29, 1.82) is 0 Å². The molecule has 0 fully saturated rings. The molecule has 1 amide bonds. The Morgan fingerprint density at radius 2 is 1.90 bits per heavy atom. The van der Waals surface area contributed by atoms with Crippen LogP contribution >= 0.6 is 0 Å². The molecule has 2 aromatic heterocycles. The summed E-state index contributed by atoms with van der Waals surface area (Å²) in [4.78, 5) is 43.5. The largest absolute Gasteiger partial charge is 0.355 e. The summed E-state index contributed by atoms with van der Waals surface area (Å²) in [5, 5.41) is 2.86. The van der Waals surface area contributed by atoms with Crippen LogP contribution in [0, 0.1) is 0 Å². The number of carbonyl (C=O) groups is 1. The lowest BCUT2D eigenvalue weighted by molar-refractivity contribution is -0.121. The minimum Gasteiger partial charge on any atom is -0.355 e. The number of fused-ring (bicyclic) bond motifs is 2. The maximum Gasteiger partial charge on any atom is 0.317 e. The normalized spacial score (nSPS) is 13.9. The van der Waals surface area contributed by atoms with Gasteiger partial charge in [0.2, 0.25) is 5.91 Å². The molecule has 156 valence electrons. The van der Waals surface area contributed by atoms with Gasteiger partial charge in [-0.1, -0.05) is 24.3 Å². The molecule has 0 radical (unpaired) electrons. The molecule has 0 spiro atoms. The first-order valence-electron chi connectivity index (χ1n) is 10.1. The molecule has 8 nitrogen and oxygen atoms in total. The highest BCUT2D eigenvalue weighted by molar-refractivity contribution is 5.78. The lowest BCUT2D eigenvalue weighted by Crippen LogP contribution is -2.43. The van der Waals surface area contributed by atoms with Crippen molar-refractivity contribution in [2.24, 2.45) is 7.05 Å². The smallest absolute Gasteiger partial charge is 0.317 e. The minimum atomic E-state index is -0.722. The highest BCUT2D eigenvalue weighted by Crippen LogP contribution is 2.18. The predicted molar refractivity (Wildman–Crippen MR) is 114 cm³/mol. The molecule has 3 aromatic rings. The summed E-state index contributed by atoms with van der Waals surface area (Å²) < 4.78 is 2.41. The number of pyridine rings is 1. The highest BCUT2D eigenvalue weighted by atomic mass is 16.2. The third-order valence-electron chi connectivity index (χ3n) is 5.59. The molecule has 0 unspecified atom stereocenters. The fraction of sp³-hybridized carbons (Fsp3) is 0.364. The van der Waals surface area contributed by atoms with E-state index in [1.54, 1.807) is 18.3 Å². The average molecular weight is 407 g/mol. The van der Waals surface area contributed by atoms with Gasteiger partial charge in [-0.05, 0) is 36.1 Å². The van der Waals surface area contributed by atoms with E-state index >= 15 is 0 Å². The fourth-order valence-corrected chi connectivity index (χ4v) is 3.95. The van der Waals surface area contributed by atoms with Crippen molar-refractivity contribution in [1.82, 2.24) is 24.3 Å². The maximum absolute atomic E-state index is 12.4. The lowest BCUT2D eigenvalue weighted by Gasteiger charge is -2.28. The van der Waals surface area contributed by atoms with Crippen molar-refractivity contribution >= 4 is 17.1 Å². The standard InChI is InChI=1S/C22H25N5O3/c1-25-20-18(8-4-10-24-20)27(22(30)21(25)29)15-19(28)23-11-5-12-26-13-9-16-6-2-3-7-17(16)14-26/h2-4,6-8,10H,5,9,11-15H2,1H3,(H,23,28). The minimum absolute atomic E-state index is 0.200. The van der Waals surface area contributed by atoms with Crippen molar-refractivity contribution in [3.8, 4) is 0 Å². The molecular formula is C22H25N5O3. The molecule has 3 heterocycles. The van der Waals surface area contributed by atoms with Crippen LogP contribution in [0.15, 0.2) is 52.2 Å². The molecule has 1 aliphatic rings. The summed E-state index contributed by atoms with van der Waals surface area (Å²) in [6.07, 6.45) is 3.42. The third kappa shape index (κ3) is 4.04. The van der Waals surface area contributed by atoms with Gasteiger partial charge in [-0.2, -0.15) is 0 Å². The molecule has 1 aliphatic heterocycles. The second-order valence-corrected chi connectivity index (χ2v) is 7.60. The van der Waals surface area contributed by atoms with E-state index < -0.39 is 11.1 Å². The van der Waals surface area contributed by atoms with E-state index in [-0.39, 0.29) is 12.5 Å². The second kappa shape index (κ2) is 8.62. The van der Waals surface area contributed by atoms with Gasteiger partial charge in [-0.15, -0.1) is 0 Å². The lowest BCUT2D eigenvalue weighted by atomic mass is 10.00. The van der Waals surface area contributed by atoms with Gasteiger partial charge < -0.3 is 5.32 Å². The quantitative estimate of drug-likeness (QED) is 0.479. The molecule has 0 saturated carbocycles. The van der Waals surface area contributed by atoms with Crippen LogP contribution in [0.5, 0.6) is 0 Å². The number of benzene rings is 1. The Labute approximate surface area is 173 Å². The summed E-state index contributed by atoms with van der Waals surface area (Å²) in [5.74, 6) is -0.292. The van der Waals surface area contributed by atoms with Gasteiger partial charge in [0.05, 0.1) is 5.52 Å². The van der Waals surface area contributed by atoms with Crippen LogP contribution in [-0.2, 0) is 31.4 Å². The molecule has 0 aliphatic carbocycles. The molecule has 1 N–H and O–H groups in total. The van der Waals surface area contributed by atoms with Gasteiger partial charge in [-0.3, -0.25) is 28.4 Å². The van der Waals surface area contributed by atoms with Gasteiger partial charge in [0.1, 0.15) is 6.54 Å². The number of nitrogens with zero attached hydrogens (tertiary/aromatic N) is 4. The topological polar surface area (TPSA) is 89.2 Å². The summed E-state index contributed by atoms with van der Waals surface area (Å²) in [5.41, 5.74) is 2.22. The monoisotopic (exact) mass is 407 g/mol. The third-order valence-corrected chi connectivity index (χ3v) is 5.59. The van der Waals surface area contributed by atoms with E-state index in [4.69, 9.17) is 0 Å². The fourth-order valence-electron chi connectivity index (χ4n) is 3.95. The number of hydrogen-bond acceptors (Lipinski definition) is 5. The first-order chi connectivity index (χ1) is 14.5. The Hall–Kier alpha value is -3.26. The van der Waals surface area contributed by atoms with Crippen molar-refractivity contribution in [3.63, 3.8) is 0 Å². The van der Waals surface area contributed by atoms with Crippen LogP contribution in [0.25, 0.3) is 11.2 Å². The van der Waals surface area contributed by atoms with Crippen LogP contribution in [-0.4, -0.2) is 44.6 Å². The van der Waals surface area contributed by atoms with Gasteiger partial charge in [0.15, 0.2) is 5.65 Å². The SMILES string of the molecule is Cn1c(=O)c(=O)n(CC(=O)NCCCN2CCc3ccccc3C2)c2cccnc21. The zero-order chi connectivity index (χ0) is 21.1. The molecule has 0 saturated heterocycles. The Morgan fingerprint density at radius 3 is 2.73 bits per heavy atom. The van der Waals surface area contributed by atoms with E-state index in [1.165, 1.54) is 27.3 Å². The molecule has 4 rings (SSSR count). The average Bonchev–Trinajstić information content (AvgIpc) is 2.78. The highest BCUT2D eigenvalue weighted by Gasteiger charge is 2.16. The molecular weight excluding hydrogens is 382 g/mol. The molecule has 0 bridgehead atoms. The number of rotatable bonds is 6. The van der Waals surface area contributed by atoms with E-state index in [9.17, 15) is 14.4 Å². The zero-order valence-electron chi connectivity index (χ0n) is 17.0. The van der Waals surface area contributed by atoms with Crippen LogP contribution in [0.3, 0.4) is 0 Å².